The number of carboxylic acids is 1. The molecule has 1 aromatic rings. The molecule has 104 valence electrons. The second kappa shape index (κ2) is 5.84. The van der Waals surface area contributed by atoms with E-state index in [-0.39, 0.29) is 23.6 Å². The highest BCUT2D eigenvalue weighted by Crippen LogP contribution is 2.15. The lowest BCUT2D eigenvalue weighted by Gasteiger charge is -2.20. The van der Waals surface area contributed by atoms with Crippen LogP contribution in [-0.4, -0.2) is 29.1 Å². The van der Waals surface area contributed by atoms with Crippen molar-refractivity contribution in [3.8, 4) is 0 Å². The van der Waals surface area contributed by atoms with Gasteiger partial charge in [-0.05, 0) is 51.5 Å². The van der Waals surface area contributed by atoms with Gasteiger partial charge in [-0.3, -0.25) is 4.79 Å². The minimum atomic E-state index is -0.968. The SMILES string of the molecule is Cc1cc(NC(=O)CNC(C)(C)C)ccc1C(=O)O. The Kier molecular flexibility index (Phi) is 4.67. The number of amides is 1. The van der Waals surface area contributed by atoms with Crippen LogP contribution in [0.1, 0.15) is 36.7 Å². The summed E-state index contributed by atoms with van der Waals surface area (Å²) in [5, 5.41) is 14.7. The standard InChI is InChI=1S/C14H20N2O3/c1-9-7-10(5-6-11(9)13(18)19)16-12(17)8-15-14(2,3)4/h5-7,15H,8H2,1-4H3,(H,16,17)(H,18,19). The van der Waals surface area contributed by atoms with Crippen molar-refractivity contribution in [1.29, 1.82) is 0 Å². The predicted molar refractivity (Wildman–Crippen MR) is 74.5 cm³/mol. The Balaban J connectivity index is 2.65. The third-order valence-corrected chi connectivity index (χ3v) is 2.52. The fourth-order valence-electron chi connectivity index (χ4n) is 1.53. The summed E-state index contributed by atoms with van der Waals surface area (Å²) in [4.78, 5) is 22.6. The van der Waals surface area contributed by atoms with Gasteiger partial charge in [0.15, 0.2) is 0 Å². The van der Waals surface area contributed by atoms with E-state index in [1.165, 1.54) is 6.07 Å². The van der Waals surface area contributed by atoms with Crippen LogP contribution in [0.5, 0.6) is 0 Å². The maximum atomic E-state index is 11.7. The molecule has 0 unspecified atom stereocenters. The highest BCUT2D eigenvalue weighted by atomic mass is 16.4. The zero-order valence-corrected chi connectivity index (χ0v) is 11.7. The van der Waals surface area contributed by atoms with Crippen molar-refractivity contribution in [3.63, 3.8) is 0 Å². The maximum absolute atomic E-state index is 11.7. The third-order valence-electron chi connectivity index (χ3n) is 2.52. The van der Waals surface area contributed by atoms with Crippen molar-refractivity contribution < 1.29 is 14.7 Å². The van der Waals surface area contributed by atoms with Crippen molar-refractivity contribution in [2.24, 2.45) is 0 Å². The zero-order valence-electron chi connectivity index (χ0n) is 11.7. The molecule has 0 aromatic heterocycles. The second-order valence-corrected chi connectivity index (χ2v) is 5.49. The molecule has 1 rings (SSSR count). The molecular weight excluding hydrogens is 244 g/mol. The van der Waals surface area contributed by atoms with Gasteiger partial charge in [0.1, 0.15) is 0 Å². The van der Waals surface area contributed by atoms with Crippen LogP contribution in [0.4, 0.5) is 5.69 Å². The fraction of sp³-hybridized carbons (Fsp3) is 0.429. The summed E-state index contributed by atoms with van der Waals surface area (Å²) in [6.07, 6.45) is 0. The number of aromatic carboxylic acids is 1. The average molecular weight is 264 g/mol. The van der Waals surface area contributed by atoms with E-state index in [1.54, 1.807) is 19.1 Å². The number of carboxylic acid groups (broad SMARTS) is 1. The van der Waals surface area contributed by atoms with E-state index in [2.05, 4.69) is 10.6 Å². The second-order valence-electron chi connectivity index (χ2n) is 5.49. The molecule has 0 aliphatic rings. The summed E-state index contributed by atoms with van der Waals surface area (Å²) >= 11 is 0. The number of aryl methyl sites for hydroxylation is 1. The van der Waals surface area contributed by atoms with Gasteiger partial charge in [-0.1, -0.05) is 0 Å². The molecule has 0 saturated carbocycles. The van der Waals surface area contributed by atoms with Crippen LogP contribution < -0.4 is 10.6 Å². The number of carbonyl (C=O) groups excluding carboxylic acids is 1. The molecule has 0 saturated heterocycles. The normalized spacial score (nSPS) is 11.2. The van der Waals surface area contributed by atoms with Crippen LogP contribution in [0.3, 0.4) is 0 Å². The first-order valence-corrected chi connectivity index (χ1v) is 6.08. The number of carbonyl (C=O) groups is 2. The monoisotopic (exact) mass is 264 g/mol. The first-order valence-electron chi connectivity index (χ1n) is 6.08. The van der Waals surface area contributed by atoms with Gasteiger partial charge in [-0.25, -0.2) is 4.79 Å². The lowest BCUT2D eigenvalue weighted by Crippen LogP contribution is -2.41. The van der Waals surface area contributed by atoms with Crippen molar-refractivity contribution in [1.82, 2.24) is 5.32 Å². The number of benzene rings is 1. The average Bonchev–Trinajstić information content (AvgIpc) is 2.25. The molecule has 0 radical (unpaired) electrons. The van der Waals surface area contributed by atoms with E-state index in [4.69, 9.17) is 5.11 Å². The predicted octanol–water partition coefficient (Wildman–Crippen LogP) is 2.02. The molecule has 1 aromatic carbocycles. The Bertz CT molecular complexity index is 490. The van der Waals surface area contributed by atoms with E-state index < -0.39 is 5.97 Å². The quantitative estimate of drug-likeness (QED) is 0.777. The number of hydrogen-bond acceptors (Lipinski definition) is 3. The first-order chi connectivity index (χ1) is 8.69. The van der Waals surface area contributed by atoms with Crippen molar-refractivity contribution in [3.05, 3.63) is 29.3 Å². The molecule has 1 amide bonds. The molecule has 19 heavy (non-hydrogen) atoms. The summed E-state index contributed by atoms with van der Waals surface area (Å²) in [6.45, 7) is 7.85. The van der Waals surface area contributed by atoms with Crippen LogP contribution in [0, 0.1) is 6.92 Å². The van der Waals surface area contributed by atoms with E-state index in [1.807, 2.05) is 20.8 Å². The van der Waals surface area contributed by atoms with Crippen LogP contribution in [0.2, 0.25) is 0 Å². The van der Waals surface area contributed by atoms with Gasteiger partial charge < -0.3 is 15.7 Å². The molecular formula is C14H20N2O3. The fourth-order valence-corrected chi connectivity index (χ4v) is 1.53. The number of rotatable bonds is 4. The lowest BCUT2D eigenvalue weighted by atomic mass is 10.1. The highest BCUT2D eigenvalue weighted by molar-refractivity contribution is 5.94. The smallest absolute Gasteiger partial charge is 0.335 e. The van der Waals surface area contributed by atoms with Gasteiger partial charge >= 0.3 is 5.97 Å². The molecule has 0 fully saturated rings. The van der Waals surface area contributed by atoms with Crippen LogP contribution in [-0.2, 0) is 4.79 Å². The molecule has 5 heteroatoms. The van der Waals surface area contributed by atoms with E-state index in [9.17, 15) is 9.59 Å². The summed E-state index contributed by atoms with van der Waals surface area (Å²) in [6, 6.07) is 4.73. The van der Waals surface area contributed by atoms with Crippen molar-refractivity contribution in [2.75, 3.05) is 11.9 Å². The molecule has 3 N–H and O–H groups in total. The zero-order chi connectivity index (χ0) is 14.6. The van der Waals surface area contributed by atoms with E-state index in [0.717, 1.165) is 0 Å². The lowest BCUT2D eigenvalue weighted by molar-refractivity contribution is -0.115. The Morgan fingerprint density at radius 2 is 1.89 bits per heavy atom. The Morgan fingerprint density at radius 3 is 2.37 bits per heavy atom. The maximum Gasteiger partial charge on any atom is 0.335 e. The molecule has 0 aliphatic heterocycles. The highest BCUT2D eigenvalue weighted by Gasteiger charge is 2.12. The molecule has 5 nitrogen and oxygen atoms in total. The first kappa shape index (κ1) is 15.2. The van der Waals surface area contributed by atoms with Crippen LogP contribution >= 0.6 is 0 Å². The van der Waals surface area contributed by atoms with Gasteiger partial charge in [-0.2, -0.15) is 0 Å². The number of hydrogen-bond donors (Lipinski definition) is 3. The van der Waals surface area contributed by atoms with E-state index in [0.29, 0.717) is 11.3 Å². The van der Waals surface area contributed by atoms with Gasteiger partial charge in [-0.15, -0.1) is 0 Å². The molecule has 0 atom stereocenters. The molecule has 0 aliphatic carbocycles. The number of nitrogens with one attached hydrogen (secondary N) is 2. The van der Waals surface area contributed by atoms with Gasteiger partial charge in [0, 0.05) is 11.2 Å². The van der Waals surface area contributed by atoms with E-state index >= 15 is 0 Å². The largest absolute Gasteiger partial charge is 0.478 e. The van der Waals surface area contributed by atoms with Crippen molar-refractivity contribution >= 4 is 17.6 Å². The Labute approximate surface area is 113 Å². The Morgan fingerprint density at radius 1 is 1.26 bits per heavy atom. The summed E-state index contributed by atoms with van der Waals surface area (Å²) in [5.41, 5.74) is 1.34. The molecule has 0 spiro atoms. The minimum Gasteiger partial charge on any atom is -0.478 e. The minimum absolute atomic E-state index is 0.125. The summed E-state index contributed by atoms with van der Waals surface area (Å²) in [7, 11) is 0. The molecule has 0 heterocycles. The molecule has 0 bridgehead atoms. The van der Waals surface area contributed by atoms with Crippen LogP contribution in [0.25, 0.3) is 0 Å². The number of anilines is 1. The van der Waals surface area contributed by atoms with Gasteiger partial charge in [0.25, 0.3) is 0 Å². The van der Waals surface area contributed by atoms with Gasteiger partial charge in [0.05, 0.1) is 12.1 Å². The Hall–Kier alpha value is -1.88. The van der Waals surface area contributed by atoms with Crippen LogP contribution in [0.15, 0.2) is 18.2 Å². The third kappa shape index (κ3) is 5.09. The van der Waals surface area contributed by atoms with Gasteiger partial charge in [0.2, 0.25) is 5.91 Å². The summed E-state index contributed by atoms with van der Waals surface area (Å²) in [5.74, 6) is -1.12. The summed E-state index contributed by atoms with van der Waals surface area (Å²) < 4.78 is 0. The topological polar surface area (TPSA) is 78.4 Å². The van der Waals surface area contributed by atoms with Crippen molar-refractivity contribution in [2.45, 2.75) is 33.2 Å².